The maximum Gasteiger partial charge on any atom is 0.337 e. The van der Waals surface area contributed by atoms with Crippen molar-refractivity contribution in [2.24, 2.45) is 0 Å². The van der Waals surface area contributed by atoms with Gasteiger partial charge in [-0.25, -0.2) is 13.2 Å². The largest absolute Gasteiger partial charge is 0.465 e. The number of esters is 1. The van der Waals surface area contributed by atoms with Gasteiger partial charge in [-0.3, -0.25) is 13.9 Å². The van der Waals surface area contributed by atoms with E-state index in [0.29, 0.717) is 24.3 Å². The van der Waals surface area contributed by atoms with Gasteiger partial charge in [0.2, 0.25) is 21.8 Å². The van der Waals surface area contributed by atoms with Crippen molar-refractivity contribution in [2.45, 2.75) is 12.8 Å². The van der Waals surface area contributed by atoms with Crippen molar-refractivity contribution in [2.75, 3.05) is 41.0 Å². The van der Waals surface area contributed by atoms with E-state index in [-0.39, 0.29) is 17.2 Å². The third-order valence-electron chi connectivity index (χ3n) is 4.81. The van der Waals surface area contributed by atoms with Crippen molar-refractivity contribution < 1.29 is 27.5 Å². The lowest BCUT2D eigenvalue weighted by Crippen LogP contribution is -2.37. The topological polar surface area (TPSA) is 113 Å². The van der Waals surface area contributed by atoms with Gasteiger partial charge in [0, 0.05) is 13.0 Å². The summed E-state index contributed by atoms with van der Waals surface area (Å²) in [6.07, 6.45) is 2.18. The number of para-hydroxylation sites is 2. The van der Waals surface area contributed by atoms with Gasteiger partial charge in [0.25, 0.3) is 0 Å². The van der Waals surface area contributed by atoms with Crippen LogP contribution in [0.25, 0.3) is 0 Å². The molecule has 2 aromatic rings. The molecule has 0 atom stereocenters. The molecule has 0 radical (unpaired) electrons. The van der Waals surface area contributed by atoms with E-state index in [0.717, 1.165) is 17.0 Å². The first-order valence-electron chi connectivity index (χ1n) is 9.56. The number of methoxy groups -OCH3 is 1. The minimum atomic E-state index is -3.79. The summed E-state index contributed by atoms with van der Waals surface area (Å²) >= 11 is 0. The molecule has 164 valence electrons. The van der Waals surface area contributed by atoms with Crippen LogP contribution in [0.1, 0.15) is 23.2 Å². The van der Waals surface area contributed by atoms with E-state index in [4.69, 9.17) is 0 Å². The van der Waals surface area contributed by atoms with Crippen LogP contribution in [0.4, 0.5) is 17.1 Å². The summed E-state index contributed by atoms with van der Waals surface area (Å²) in [4.78, 5) is 38.0. The molecule has 31 heavy (non-hydrogen) atoms. The molecule has 2 aromatic carbocycles. The van der Waals surface area contributed by atoms with E-state index >= 15 is 0 Å². The zero-order valence-electron chi connectivity index (χ0n) is 17.2. The molecule has 9 nitrogen and oxygen atoms in total. The first-order valence-corrected chi connectivity index (χ1v) is 11.4. The van der Waals surface area contributed by atoms with Crippen molar-refractivity contribution in [3.63, 3.8) is 0 Å². The zero-order chi connectivity index (χ0) is 22.6. The number of nitrogens with one attached hydrogen (secondary N) is 1. The summed E-state index contributed by atoms with van der Waals surface area (Å²) in [5.41, 5.74) is 1.49. The Morgan fingerprint density at radius 2 is 1.81 bits per heavy atom. The number of amides is 2. The number of ether oxygens (including phenoxy) is 1. The van der Waals surface area contributed by atoms with Crippen molar-refractivity contribution in [3.8, 4) is 0 Å². The van der Waals surface area contributed by atoms with E-state index in [2.05, 4.69) is 10.1 Å². The Morgan fingerprint density at radius 3 is 2.39 bits per heavy atom. The molecule has 2 amide bonds. The molecule has 3 rings (SSSR count). The number of hydrogen-bond acceptors (Lipinski definition) is 6. The molecule has 0 aromatic heterocycles. The van der Waals surface area contributed by atoms with Crippen LogP contribution in [-0.4, -0.2) is 52.7 Å². The van der Waals surface area contributed by atoms with Crippen LogP contribution in [0.5, 0.6) is 0 Å². The number of carbonyl (C=O) groups excluding carboxylic acids is 3. The van der Waals surface area contributed by atoms with Gasteiger partial charge in [-0.2, -0.15) is 0 Å². The average molecular weight is 445 g/mol. The van der Waals surface area contributed by atoms with Crippen molar-refractivity contribution in [1.29, 1.82) is 0 Å². The number of carbonyl (C=O) groups is 3. The summed E-state index contributed by atoms with van der Waals surface area (Å²) < 4.78 is 30.2. The molecule has 0 saturated carbocycles. The van der Waals surface area contributed by atoms with Crippen LogP contribution in [0.3, 0.4) is 0 Å². The van der Waals surface area contributed by atoms with E-state index in [1.807, 2.05) is 0 Å². The quantitative estimate of drug-likeness (QED) is 0.653. The van der Waals surface area contributed by atoms with Crippen LogP contribution < -0.4 is 14.5 Å². The second-order valence-corrected chi connectivity index (χ2v) is 8.93. The van der Waals surface area contributed by atoms with Gasteiger partial charge < -0.3 is 15.0 Å². The Labute approximate surface area is 180 Å². The predicted molar refractivity (Wildman–Crippen MR) is 117 cm³/mol. The summed E-state index contributed by atoms with van der Waals surface area (Å²) in [6, 6.07) is 12.6. The summed E-state index contributed by atoms with van der Waals surface area (Å²) in [7, 11) is -2.54. The fourth-order valence-electron chi connectivity index (χ4n) is 3.32. The number of rotatable bonds is 7. The molecule has 1 heterocycles. The Kier molecular flexibility index (Phi) is 6.59. The molecule has 10 heteroatoms. The monoisotopic (exact) mass is 445 g/mol. The second kappa shape index (κ2) is 9.17. The molecular weight excluding hydrogens is 422 g/mol. The smallest absolute Gasteiger partial charge is 0.337 e. The van der Waals surface area contributed by atoms with Gasteiger partial charge in [0.1, 0.15) is 6.54 Å². The highest BCUT2D eigenvalue weighted by molar-refractivity contribution is 7.92. The van der Waals surface area contributed by atoms with Crippen LogP contribution in [0.2, 0.25) is 0 Å². The standard InChI is InChI=1S/C21H23N3O6S/c1-30-21(27)15-9-11-16(12-10-15)24(31(2,28)29)14-19(25)22-17-6-3-4-7-18(17)23-13-5-8-20(23)26/h3-4,6-7,9-12H,5,8,13-14H2,1-2H3,(H,22,25). The second-order valence-electron chi connectivity index (χ2n) is 7.02. The van der Waals surface area contributed by atoms with Gasteiger partial charge in [0.05, 0.1) is 36.0 Å². The highest BCUT2D eigenvalue weighted by Crippen LogP contribution is 2.29. The minimum Gasteiger partial charge on any atom is -0.465 e. The molecule has 0 aliphatic carbocycles. The van der Waals surface area contributed by atoms with Crippen LogP contribution in [0.15, 0.2) is 48.5 Å². The van der Waals surface area contributed by atoms with Gasteiger partial charge in [0.15, 0.2) is 0 Å². The van der Waals surface area contributed by atoms with Crippen LogP contribution >= 0.6 is 0 Å². The van der Waals surface area contributed by atoms with Gasteiger partial charge in [-0.05, 0) is 42.8 Å². The fourth-order valence-corrected chi connectivity index (χ4v) is 4.18. The minimum absolute atomic E-state index is 0.0230. The average Bonchev–Trinajstić information content (AvgIpc) is 3.17. The molecular formula is C21H23N3O6S. The number of sulfonamides is 1. The molecule has 1 saturated heterocycles. The van der Waals surface area contributed by atoms with Gasteiger partial charge >= 0.3 is 5.97 Å². The van der Waals surface area contributed by atoms with Crippen LogP contribution in [-0.2, 0) is 24.3 Å². The van der Waals surface area contributed by atoms with Gasteiger partial charge in [-0.1, -0.05) is 12.1 Å². The molecule has 1 aliphatic rings. The Morgan fingerprint density at radius 1 is 1.13 bits per heavy atom. The number of hydrogen-bond donors (Lipinski definition) is 1. The Balaban J connectivity index is 1.80. The SMILES string of the molecule is COC(=O)c1ccc(N(CC(=O)Nc2ccccc2N2CCCC2=O)S(C)(=O)=O)cc1. The Hall–Kier alpha value is -3.40. The van der Waals surface area contributed by atoms with Crippen molar-refractivity contribution >= 4 is 44.9 Å². The predicted octanol–water partition coefficient (Wildman–Crippen LogP) is 2.00. The lowest BCUT2D eigenvalue weighted by atomic mass is 10.2. The fraction of sp³-hybridized carbons (Fsp3) is 0.286. The van der Waals surface area contributed by atoms with Crippen molar-refractivity contribution in [1.82, 2.24) is 0 Å². The normalized spacial score (nSPS) is 13.7. The lowest BCUT2D eigenvalue weighted by molar-refractivity contribution is -0.117. The molecule has 0 bridgehead atoms. The molecule has 1 N–H and O–H groups in total. The third-order valence-corrected chi connectivity index (χ3v) is 5.95. The number of anilines is 3. The number of benzene rings is 2. The first kappa shape index (κ1) is 22.3. The van der Waals surface area contributed by atoms with E-state index in [1.165, 1.54) is 31.4 Å². The van der Waals surface area contributed by atoms with E-state index in [1.54, 1.807) is 29.2 Å². The highest BCUT2D eigenvalue weighted by Gasteiger charge is 2.25. The lowest BCUT2D eigenvalue weighted by Gasteiger charge is -2.23. The van der Waals surface area contributed by atoms with E-state index < -0.39 is 28.4 Å². The molecule has 1 aliphatic heterocycles. The zero-order valence-corrected chi connectivity index (χ0v) is 18.0. The molecule has 1 fully saturated rings. The van der Waals surface area contributed by atoms with E-state index in [9.17, 15) is 22.8 Å². The molecule has 0 spiro atoms. The number of nitrogens with zero attached hydrogens (tertiary/aromatic N) is 2. The van der Waals surface area contributed by atoms with Crippen molar-refractivity contribution in [3.05, 3.63) is 54.1 Å². The maximum atomic E-state index is 12.7. The maximum absolute atomic E-state index is 12.7. The summed E-state index contributed by atoms with van der Waals surface area (Å²) in [5, 5.41) is 2.71. The summed E-state index contributed by atoms with van der Waals surface area (Å²) in [5.74, 6) is -1.14. The third kappa shape index (κ3) is 5.21. The first-order chi connectivity index (χ1) is 14.7. The highest BCUT2D eigenvalue weighted by atomic mass is 32.2. The van der Waals surface area contributed by atoms with Crippen LogP contribution in [0, 0.1) is 0 Å². The van der Waals surface area contributed by atoms with Gasteiger partial charge in [-0.15, -0.1) is 0 Å². The summed E-state index contributed by atoms with van der Waals surface area (Å²) in [6.45, 7) is 0.0897. The Bertz CT molecular complexity index is 1100. The molecule has 0 unspecified atom stereocenters.